The molecule has 3 fully saturated rings. The molecule has 0 amide bonds. The van der Waals surface area contributed by atoms with E-state index in [9.17, 15) is 5.11 Å². The third kappa shape index (κ3) is 3.66. The van der Waals surface area contributed by atoms with E-state index in [4.69, 9.17) is 0 Å². The van der Waals surface area contributed by atoms with E-state index in [1.807, 2.05) is 0 Å². The lowest BCUT2D eigenvalue weighted by molar-refractivity contribution is -0.0574. The van der Waals surface area contributed by atoms with E-state index in [1.54, 1.807) is 5.57 Å². The van der Waals surface area contributed by atoms with Crippen molar-refractivity contribution >= 4 is 0 Å². The van der Waals surface area contributed by atoms with Crippen molar-refractivity contribution in [2.75, 3.05) is 0 Å². The van der Waals surface area contributed by atoms with Crippen molar-refractivity contribution < 1.29 is 5.11 Å². The summed E-state index contributed by atoms with van der Waals surface area (Å²) in [4.78, 5) is 0. The molecule has 0 spiro atoms. The predicted octanol–water partition coefficient (Wildman–Crippen LogP) is 7.63. The highest BCUT2D eigenvalue weighted by Gasteiger charge is 2.59. The molecule has 0 aliphatic heterocycles. The van der Waals surface area contributed by atoms with E-state index in [1.165, 1.54) is 51.4 Å². The molecule has 4 aliphatic carbocycles. The number of fused-ring (bicyclic) bond motifs is 5. The molecule has 29 heavy (non-hydrogen) atoms. The highest BCUT2D eigenvalue weighted by atomic mass is 16.3. The maximum Gasteiger partial charge on any atom is 0.0577 e. The van der Waals surface area contributed by atoms with Crippen LogP contribution >= 0.6 is 0 Å². The van der Waals surface area contributed by atoms with Gasteiger partial charge < -0.3 is 5.11 Å². The number of hydrogen-bond donors (Lipinski definition) is 1. The van der Waals surface area contributed by atoms with Crippen molar-refractivity contribution in [1.29, 1.82) is 0 Å². The van der Waals surface area contributed by atoms with Gasteiger partial charge in [-0.1, -0.05) is 66.0 Å². The van der Waals surface area contributed by atoms with Crippen LogP contribution in [0.2, 0.25) is 0 Å². The van der Waals surface area contributed by atoms with Gasteiger partial charge in [-0.2, -0.15) is 0 Å². The second-order valence-electron chi connectivity index (χ2n) is 12.7. The van der Waals surface area contributed by atoms with E-state index in [0.29, 0.717) is 10.8 Å². The summed E-state index contributed by atoms with van der Waals surface area (Å²) in [6.45, 7) is 15.1. The fourth-order valence-electron chi connectivity index (χ4n) is 8.68. The van der Waals surface area contributed by atoms with Gasteiger partial charge in [0.1, 0.15) is 0 Å². The molecular weight excluding hydrogens is 352 g/mol. The average Bonchev–Trinajstić information content (AvgIpc) is 3.03. The first-order valence-corrected chi connectivity index (χ1v) is 13.0. The number of aliphatic hydroxyl groups excluding tert-OH is 1. The van der Waals surface area contributed by atoms with Crippen molar-refractivity contribution in [2.45, 2.75) is 112 Å². The van der Waals surface area contributed by atoms with Crippen molar-refractivity contribution in [3.8, 4) is 0 Å². The van der Waals surface area contributed by atoms with Crippen LogP contribution < -0.4 is 0 Å². The summed E-state index contributed by atoms with van der Waals surface area (Å²) in [5.41, 5.74) is 2.59. The highest BCUT2D eigenvalue weighted by molar-refractivity contribution is 5.25. The Morgan fingerprint density at radius 1 is 0.966 bits per heavy atom. The molecule has 0 heterocycles. The summed E-state index contributed by atoms with van der Waals surface area (Å²) >= 11 is 0. The van der Waals surface area contributed by atoms with Gasteiger partial charge in [-0.05, 0) is 104 Å². The van der Waals surface area contributed by atoms with Crippen LogP contribution in [0.1, 0.15) is 106 Å². The molecule has 9 atom stereocenters. The van der Waals surface area contributed by atoms with Gasteiger partial charge in [0.15, 0.2) is 0 Å². The topological polar surface area (TPSA) is 20.2 Å². The summed E-state index contributed by atoms with van der Waals surface area (Å²) in [7, 11) is 0. The number of hydrogen-bond acceptors (Lipinski definition) is 1. The first-order valence-electron chi connectivity index (χ1n) is 13.0. The van der Waals surface area contributed by atoms with E-state index in [0.717, 1.165) is 54.3 Å². The Bertz CT molecular complexity index is 620. The number of allylic oxidation sites excluding steroid dienone is 1. The summed E-state index contributed by atoms with van der Waals surface area (Å²) in [6.07, 6.45) is 15.7. The van der Waals surface area contributed by atoms with Crippen LogP contribution in [0.5, 0.6) is 0 Å². The molecule has 0 aromatic heterocycles. The summed E-state index contributed by atoms with van der Waals surface area (Å²) in [5, 5.41) is 10.2. The molecule has 4 aliphatic rings. The second-order valence-corrected chi connectivity index (χ2v) is 12.7. The van der Waals surface area contributed by atoms with Gasteiger partial charge >= 0.3 is 0 Å². The minimum atomic E-state index is -0.0790. The Hall–Kier alpha value is -0.300. The molecule has 1 nitrogen and oxygen atoms in total. The first-order chi connectivity index (χ1) is 13.7. The van der Waals surface area contributed by atoms with Gasteiger partial charge in [-0.15, -0.1) is 0 Å². The fraction of sp³-hybridized carbons (Fsp3) is 0.929. The molecule has 0 saturated heterocycles. The van der Waals surface area contributed by atoms with E-state index in [-0.39, 0.29) is 6.10 Å². The molecule has 4 rings (SSSR count). The molecule has 8 unspecified atom stereocenters. The largest absolute Gasteiger partial charge is 0.393 e. The zero-order valence-electron chi connectivity index (χ0n) is 20.2. The Morgan fingerprint density at radius 3 is 2.45 bits per heavy atom. The molecule has 1 N–H and O–H groups in total. The monoisotopic (exact) mass is 400 g/mol. The number of aliphatic hydroxyl groups is 1. The lowest BCUT2D eigenvalue weighted by Crippen LogP contribution is -2.50. The lowest BCUT2D eigenvalue weighted by Gasteiger charge is -2.58. The van der Waals surface area contributed by atoms with Crippen LogP contribution in [0, 0.1) is 52.3 Å². The van der Waals surface area contributed by atoms with Gasteiger partial charge in [0.05, 0.1) is 6.10 Å². The minimum Gasteiger partial charge on any atom is -0.393 e. The van der Waals surface area contributed by atoms with Crippen LogP contribution in [0.25, 0.3) is 0 Å². The van der Waals surface area contributed by atoms with Gasteiger partial charge in [0.25, 0.3) is 0 Å². The van der Waals surface area contributed by atoms with Crippen LogP contribution in [0.15, 0.2) is 11.6 Å². The van der Waals surface area contributed by atoms with Crippen LogP contribution in [0.3, 0.4) is 0 Å². The van der Waals surface area contributed by atoms with Crippen molar-refractivity contribution in [1.82, 2.24) is 0 Å². The lowest BCUT2D eigenvalue weighted by atomic mass is 9.47. The predicted molar refractivity (Wildman–Crippen MR) is 124 cm³/mol. The molecule has 3 saturated carbocycles. The van der Waals surface area contributed by atoms with Crippen molar-refractivity contribution in [3.63, 3.8) is 0 Å². The SMILES string of the molecule is CC(CC[C@H](C)C(C)C)C1CCC2C3CC=C4CC(O)CCC4(C)C3CCC12C. The number of rotatable bonds is 5. The van der Waals surface area contributed by atoms with Crippen molar-refractivity contribution in [3.05, 3.63) is 11.6 Å². The molecule has 0 aromatic carbocycles. The first kappa shape index (κ1) is 21.9. The minimum absolute atomic E-state index is 0.0790. The standard InChI is InChI=1S/C28H48O/c1-18(2)19(3)7-8-20(4)24-11-12-25-23-10-9-21-17-22(29)13-15-27(21,5)26(23)14-16-28(24,25)6/h9,18-20,22-26,29H,7-8,10-17H2,1-6H3/t19-,20?,22?,23?,24?,25?,26?,27?,28?/m0/s1. The van der Waals surface area contributed by atoms with Gasteiger partial charge in [-0.25, -0.2) is 0 Å². The van der Waals surface area contributed by atoms with Crippen molar-refractivity contribution in [2.24, 2.45) is 52.3 Å². The van der Waals surface area contributed by atoms with Gasteiger partial charge in [-0.3, -0.25) is 0 Å². The highest BCUT2D eigenvalue weighted by Crippen LogP contribution is 2.67. The molecule has 1 heteroatoms. The Labute approximate surface area is 181 Å². The summed E-state index contributed by atoms with van der Waals surface area (Å²) in [5.74, 6) is 6.24. The van der Waals surface area contributed by atoms with Crippen LogP contribution in [-0.4, -0.2) is 11.2 Å². The van der Waals surface area contributed by atoms with E-state index < -0.39 is 0 Å². The third-order valence-corrected chi connectivity index (χ3v) is 11.1. The average molecular weight is 401 g/mol. The molecule has 166 valence electrons. The van der Waals surface area contributed by atoms with Gasteiger partial charge in [0.2, 0.25) is 0 Å². The zero-order chi connectivity index (χ0) is 21.0. The normalized spacial score (nSPS) is 46.5. The molecule has 0 radical (unpaired) electrons. The third-order valence-electron chi connectivity index (χ3n) is 11.1. The van der Waals surface area contributed by atoms with E-state index >= 15 is 0 Å². The summed E-state index contributed by atoms with van der Waals surface area (Å²) < 4.78 is 0. The quantitative estimate of drug-likeness (QED) is 0.470. The Morgan fingerprint density at radius 2 is 1.72 bits per heavy atom. The Balaban J connectivity index is 1.49. The fourth-order valence-corrected chi connectivity index (χ4v) is 8.68. The van der Waals surface area contributed by atoms with Gasteiger partial charge in [0, 0.05) is 0 Å². The van der Waals surface area contributed by atoms with Crippen LogP contribution in [0.4, 0.5) is 0 Å². The zero-order valence-corrected chi connectivity index (χ0v) is 20.2. The molecular formula is C28H48O. The Kier molecular flexibility index (Phi) is 6.04. The second kappa shape index (κ2) is 7.99. The maximum absolute atomic E-state index is 10.2. The summed E-state index contributed by atoms with van der Waals surface area (Å²) in [6, 6.07) is 0. The molecule has 0 bridgehead atoms. The maximum atomic E-state index is 10.2. The smallest absolute Gasteiger partial charge is 0.0577 e. The van der Waals surface area contributed by atoms with Crippen LogP contribution in [-0.2, 0) is 0 Å². The molecule has 0 aromatic rings. The van der Waals surface area contributed by atoms with E-state index in [2.05, 4.69) is 47.6 Å².